The fraction of sp³-hybridized carbons (Fsp3) is 0.600. The number of amides is 1. The van der Waals surface area contributed by atoms with Crippen LogP contribution in [0.25, 0.3) is 0 Å². The highest BCUT2D eigenvalue weighted by Gasteiger charge is 2.43. The third-order valence-electron chi connectivity index (χ3n) is 4.94. The van der Waals surface area contributed by atoms with Crippen molar-refractivity contribution in [3.05, 3.63) is 35.9 Å². The first-order valence-electron chi connectivity index (χ1n) is 9.59. The molecule has 2 aliphatic carbocycles. The summed E-state index contributed by atoms with van der Waals surface area (Å²) >= 11 is 0. The SMILES string of the molecule is CCNC(=NCC1(c2ccccc2)CC1)NCCCC(=O)NC1CC1. The lowest BCUT2D eigenvalue weighted by Gasteiger charge is -2.16. The van der Waals surface area contributed by atoms with Crippen LogP contribution in [0, 0.1) is 0 Å². The fourth-order valence-electron chi connectivity index (χ4n) is 3.04. The molecule has 1 aromatic carbocycles. The maximum Gasteiger partial charge on any atom is 0.220 e. The number of aliphatic imine (C=N–C) groups is 1. The Labute approximate surface area is 150 Å². The van der Waals surface area contributed by atoms with Crippen LogP contribution in [-0.4, -0.2) is 37.5 Å². The van der Waals surface area contributed by atoms with Crippen LogP contribution in [0.1, 0.15) is 51.0 Å². The van der Waals surface area contributed by atoms with Crippen molar-refractivity contribution in [1.29, 1.82) is 0 Å². The highest BCUT2D eigenvalue weighted by atomic mass is 16.1. The molecular formula is C20H30N4O. The minimum absolute atomic E-state index is 0.173. The van der Waals surface area contributed by atoms with Gasteiger partial charge < -0.3 is 16.0 Å². The van der Waals surface area contributed by atoms with Crippen LogP contribution in [-0.2, 0) is 10.2 Å². The third-order valence-corrected chi connectivity index (χ3v) is 4.94. The molecule has 0 heterocycles. The molecule has 1 aromatic rings. The number of nitrogens with zero attached hydrogens (tertiary/aromatic N) is 1. The van der Waals surface area contributed by atoms with Gasteiger partial charge >= 0.3 is 0 Å². The van der Waals surface area contributed by atoms with Crippen molar-refractivity contribution >= 4 is 11.9 Å². The number of carbonyl (C=O) groups is 1. The second-order valence-corrected chi connectivity index (χ2v) is 7.21. The molecule has 0 atom stereocenters. The van der Waals surface area contributed by atoms with Crippen molar-refractivity contribution < 1.29 is 4.79 Å². The quantitative estimate of drug-likeness (QED) is 0.367. The van der Waals surface area contributed by atoms with Gasteiger partial charge in [-0.1, -0.05) is 30.3 Å². The molecule has 5 heteroatoms. The standard InChI is InChI=1S/C20H30N4O/c1-2-21-19(22-14-6-9-18(25)24-17-10-11-17)23-15-20(12-13-20)16-7-4-3-5-8-16/h3-5,7-8,17H,2,6,9-15H2,1H3,(H,24,25)(H2,21,22,23). The van der Waals surface area contributed by atoms with E-state index in [2.05, 4.69) is 53.2 Å². The highest BCUT2D eigenvalue weighted by molar-refractivity contribution is 5.80. The zero-order valence-corrected chi connectivity index (χ0v) is 15.2. The molecule has 0 unspecified atom stereocenters. The number of hydrogen-bond donors (Lipinski definition) is 3. The second kappa shape index (κ2) is 8.37. The molecule has 0 aromatic heterocycles. The van der Waals surface area contributed by atoms with E-state index < -0.39 is 0 Å². The van der Waals surface area contributed by atoms with Gasteiger partial charge in [0, 0.05) is 31.0 Å². The summed E-state index contributed by atoms with van der Waals surface area (Å²) in [5.41, 5.74) is 1.62. The van der Waals surface area contributed by atoms with Crippen LogP contribution in [0.15, 0.2) is 35.3 Å². The molecule has 2 fully saturated rings. The average Bonchev–Trinajstić information content (AvgIpc) is 3.53. The summed E-state index contributed by atoms with van der Waals surface area (Å²) in [7, 11) is 0. The summed E-state index contributed by atoms with van der Waals surface area (Å²) in [6.07, 6.45) is 6.11. The van der Waals surface area contributed by atoms with Crippen LogP contribution in [0.2, 0.25) is 0 Å². The zero-order valence-electron chi connectivity index (χ0n) is 15.2. The van der Waals surface area contributed by atoms with Crippen LogP contribution < -0.4 is 16.0 Å². The Morgan fingerprint density at radius 3 is 2.60 bits per heavy atom. The van der Waals surface area contributed by atoms with E-state index in [0.717, 1.165) is 44.9 Å². The molecule has 0 spiro atoms. The molecule has 0 saturated heterocycles. The number of carbonyl (C=O) groups excluding carboxylic acids is 1. The van der Waals surface area contributed by atoms with Crippen LogP contribution in [0.5, 0.6) is 0 Å². The smallest absolute Gasteiger partial charge is 0.220 e. The predicted molar refractivity (Wildman–Crippen MR) is 102 cm³/mol. The topological polar surface area (TPSA) is 65.5 Å². The molecule has 2 aliphatic rings. The van der Waals surface area contributed by atoms with Gasteiger partial charge in [0.2, 0.25) is 5.91 Å². The number of guanidine groups is 1. The van der Waals surface area contributed by atoms with E-state index >= 15 is 0 Å². The summed E-state index contributed by atoms with van der Waals surface area (Å²) in [4.78, 5) is 16.5. The summed E-state index contributed by atoms with van der Waals surface area (Å²) in [6.45, 7) is 4.49. The van der Waals surface area contributed by atoms with Crippen LogP contribution >= 0.6 is 0 Å². The van der Waals surface area contributed by atoms with Crippen molar-refractivity contribution in [3.63, 3.8) is 0 Å². The van der Waals surface area contributed by atoms with E-state index in [1.165, 1.54) is 18.4 Å². The first-order valence-corrected chi connectivity index (χ1v) is 9.59. The molecule has 5 nitrogen and oxygen atoms in total. The summed E-state index contributed by atoms with van der Waals surface area (Å²) < 4.78 is 0. The Morgan fingerprint density at radius 2 is 1.96 bits per heavy atom. The average molecular weight is 342 g/mol. The Kier molecular flexibility index (Phi) is 5.95. The van der Waals surface area contributed by atoms with Gasteiger partial charge in [0.15, 0.2) is 5.96 Å². The van der Waals surface area contributed by atoms with Gasteiger partial charge in [-0.05, 0) is 44.6 Å². The molecule has 3 rings (SSSR count). The van der Waals surface area contributed by atoms with Gasteiger partial charge in [-0.25, -0.2) is 0 Å². The molecular weight excluding hydrogens is 312 g/mol. The number of nitrogens with one attached hydrogen (secondary N) is 3. The van der Waals surface area contributed by atoms with Crippen molar-refractivity contribution in [2.75, 3.05) is 19.6 Å². The van der Waals surface area contributed by atoms with Gasteiger partial charge in [-0.3, -0.25) is 9.79 Å². The minimum Gasteiger partial charge on any atom is -0.357 e. The van der Waals surface area contributed by atoms with Crippen LogP contribution in [0.4, 0.5) is 0 Å². The number of benzene rings is 1. The third kappa shape index (κ3) is 5.48. The monoisotopic (exact) mass is 342 g/mol. The molecule has 1 amide bonds. The van der Waals surface area contributed by atoms with E-state index in [1.54, 1.807) is 0 Å². The zero-order chi connectivity index (χ0) is 17.5. The van der Waals surface area contributed by atoms with E-state index in [4.69, 9.17) is 4.99 Å². The van der Waals surface area contributed by atoms with E-state index in [-0.39, 0.29) is 11.3 Å². The number of hydrogen-bond acceptors (Lipinski definition) is 2. The van der Waals surface area contributed by atoms with Gasteiger partial charge in [0.25, 0.3) is 0 Å². The Morgan fingerprint density at radius 1 is 1.20 bits per heavy atom. The van der Waals surface area contributed by atoms with Gasteiger partial charge in [-0.2, -0.15) is 0 Å². The van der Waals surface area contributed by atoms with E-state index in [0.29, 0.717) is 12.5 Å². The molecule has 2 saturated carbocycles. The normalized spacial score (nSPS) is 18.5. The lowest BCUT2D eigenvalue weighted by molar-refractivity contribution is -0.121. The molecule has 25 heavy (non-hydrogen) atoms. The number of rotatable bonds is 9. The summed E-state index contributed by atoms with van der Waals surface area (Å²) in [5.74, 6) is 1.03. The molecule has 0 bridgehead atoms. The first-order chi connectivity index (χ1) is 12.2. The molecule has 136 valence electrons. The van der Waals surface area contributed by atoms with E-state index in [1.807, 2.05) is 0 Å². The molecule has 0 aliphatic heterocycles. The Balaban J connectivity index is 1.43. The van der Waals surface area contributed by atoms with E-state index in [9.17, 15) is 4.79 Å². The van der Waals surface area contributed by atoms with Gasteiger partial charge in [-0.15, -0.1) is 0 Å². The first kappa shape index (κ1) is 17.8. The fourth-order valence-corrected chi connectivity index (χ4v) is 3.04. The van der Waals surface area contributed by atoms with Crippen molar-refractivity contribution in [2.24, 2.45) is 4.99 Å². The van der Waals surface area contributed by atoms with Crippen LogP contribution in [0.3, 0.4) is 0 Å². The summed E-state index contributed by atoms with van der Waals surface area (Å²) in [5, 5.41) is 9.68. The molecule has 3 N–H and O–H groups in total. The van der Waals surface area contributed by atoms with Gasteiger partial charge in [0.05, 0.1) is 6.54 Å². The lowest BCUT2D eigenvalue weighted by Crippen LogP contribution is -2.38. The second-order valence-electron chi connectivity index (χ2n) is 7.21. The van der Waals surface area contributed by atoms with Crippen molar-refractivity contribution in [2.45, 2.75) is 56.9 Å². The maximum atomic E-state index is 11.7. The minimum atomic E-state index is 0.173. The molecule has 0 radical (unpaired) electrons. The highest BCUT2D eigenvalue weighted by Crippen LogP contribution is 2.48. The Hall–Kier alpha value is -2.04. The summed E-state index contributed by atoms with van der Waals surface area (Å²) in [6, 6.07) is 11.1. The van der Waals surface area contributed by atoms with Gasteiger partial charge in [0.1, 0.15) is 0 Å². The Bertz CT molecular complexity index is 591. The maximum absolute atomic E-state index is 11.7. The van der Waals surface area contributed by atoms with Crippen molar-refractivity contribution in [1.82, 2.24) is 16.0 Å². The predicted octanol–water partition coefficient (Wildman–Crippen LogP) is 2.33. The largest absolute Gasteiger partial charge is 0.357 e. The lowest BCUT2D eigenvalue weighted by atomic mass is 9.96. The van der Waals surface area contributed by atoms with Crippen molar-refractivity contribution in [3.8, 4) is 0 Å².